The van der Waals surface area contributed by atoms with E-state index in [9.17, 15) is 39.3 Å². The van der Waals surface area contributed by atoms with Crippen LogP contribution in [0.2, 0.25) is 0 Å². The molecule has 1 saturated heterocycles. The van der Waals surface area contributed by atoms with E-state index in [1.54, 1.807) is 20.8 Å². The number of aromatic hydroxyl groups is 2. The third kappa shape index (κ3) is 7.52. The molecule has 2 aliphatic heterocycles. The Balaban J connectivity index is 1.92. The topological polar surface area (TPSA) is 201 Å². The molecule has 1 fully saturated rings. The molecule has 4 atom stereocenters. The van der Waals surface area contributed by atoms with Crippen molar-refractivity contribution in [1.29, 1.82) is 0 Å². The maximum atomic E-state index is 13.3. The Hall–Kier alpha value is -3.72. The summed E-state index contributed by atoms with van der Waals surface area (Å²) in [5.41, 5.74) is -0.727. The summed E-state index contributed by atoms with van der Waals surface area (Å²) in [6.07, 6.45) is -2.02. The van der Waals surface area contributed by atoms with Gasteiger partial charge >= 0.3 is 18.0 Å². The molecule has 226 valence electrons. The maximum absolute atomic E-state index is 13.3. The van der Waals surface area contributed by atoms with Gasteiger partial charge in [0.2, 0.25) is 11.8 Å². The molecule has 2 heterocycles. The zero-order chi connectivity index (χ0) is 30.6. The second-order valence-corrected chi connectivity index (χ2v) is 11.7. The number of nitrogens with zero attached hydrogens (tertiary/aromatic N) is 1. The number of carbonyl (C=O) groups is 5. The van der Waals surface area contributed by atoms with Gasteiger partial charge in [0, 0.05) is 35.2 Å². The molecular weight excluding hydrogens is 562 g/mol. The number of hydrogen-bond donors (Lipinski definition) is 5. The average molecular weight is 598 g/mol. The summed E-state index contributed by atoms with van der Waals surface area (Å²) >= 11 is 1.10. The highest BCUT2D eigenvalue weighted by atomic mass is 32.2. The van der Waals surface area contributed by atoms with Crippen LogP contribution in [0.4, 0.5) is 4.79 Å². The van der Waals surface area contributed by atoms with Gasteiger partial charge in [0.05, 0.1) is 18.8 Å². The van der Waals surface area contributed by atoms with Crippen molar-refractivity contribution in [3.05, 3.63) is 22.8 Å². The number of rotatable bonds is 3. The van der Waals surface area contributed by atoms with Crippen LogP contribution in [0.3, 0.4) is 0 Å². The molecule has 0 radical (unpaired) electrons. The van der Waals surface area contributed by atoms with Crippen LogP contribution in [0.5, 0.6) is 11.5 Å². The van der Waals surface area contributed by atoms with Gasteiger partial charge in [0.15, 0.2) is 0 Å². The summed E-state index contributed by atoms with van der Waals surface area (Å²) in [5, 5.41) is 36.0. The molecule has 0 aromatic heterocycles. The van der Waals surface area contributed by atoms with E-state index in [1.807, 2.05) is 0 Å². The van der Waals surface area contributed by atoms with Crippen LogP contribution < -0.4 is 10.6 Å². The molecule has 3 rings (SSSR count). The fraction of sp³-hybridized carbons (Fsp3) is 0.577. The normalized spacial score (nSPS) is 23.7. The first-order chi connectivity index (χ1) is 19.1. The fourth-order valence-electron chi connectivity index (χ4n) is 4.38. The van der Waals surface area contributed by atoms with Gasteiger partial charge in [-0.1, -0.05) is 0 Å². The van der Waals surface area contributed by atoms with Crippen LogP contribution >= 0.6 is 11.8 Å². The first-order valence-electron chi connectivity index (χ1n) is 12.8. The van der Waals surface area contributed by atoms with Gasteiger partial charge < -0.3 is 40.2 Å². The smallest absolute Gasteiger partial charge is 0.411 e. The number of aliphatic hydroxyl groups excluding tert-OH is 1. The number of methoxy groups -OCH3 is 1. The number of likely N-dealkylation sites (tertiary alicyclic amines) is 1. The number of esters is 2. The Morgan fingerprint density at radius 2 is 1.88 bits per heavy atom. The Morgan fingerprint density at radius 1 is 1.20 bits per heavy atom. The van der Waals surface area contributed by atoms with Crippen molar-refractivity contribution in [3.8, 4) is 11.5 Å². The molecule has 0 bridgehead atoms. The summed E-state index contributed by atoms with van der Waals surface area (Å²) < 4.78 is 15.5. The molecule has 2 unspecified atom stereocenters. The summed E-state index contributed by atoms with van der Waals surface area (Å²) in [7, 11) is 1.14. The van der Waals surface area contributed by atoms with Gasteiger partial charge in [0.1, 0.15) is 41.8 Å². The summed E-state index contributed by atoms with van der Waals surface area (Å²) in [4.78, 5) is 65.8. The summed E-state index contributed by atoms with van der Waals surface area (Å²) in [6, 6.07) is -3.06. The van der Waals surface area contributed by atoms with Gasteiger partial charge in [-0.25, -0.2) is 14.4 Å². The number of nitrogens with one attached hydrogen (secondary N) is 2. The van der Waals surface area contributed by atoms with E-state index in [2.05, 4.69) is 10.6 Å². The molecule has 3 amide bonds. The number of fused-ring (bicyclic) bond motifs is 1. The van der Waals surface area contributed by atoms with E-state index in [0.717, 1.165) is 29.8 Å². The Labute approximate surface area is 240 Å². The number of thioether (sulfide) groups is 1. The SMILES string of the molecule is COC(=O)[C@@H]1CSCc2c(O)cc(O)c(C)c2C(=O)OCC(NC(=O)[C@H]2C(O)CCN2C(=O)OC(C)(C)C)C(=O)N1. The second-order valence-electron chi connectivity index (χ2n) is 10.6. The number of benzene rings is 1. The van der Waals surface area contributed by atoms with Crippen LogP contribution in [0.25, 0.3) is 0 Å². The van der Waals surface area contributed by atoms with Gasteiger partial charge in [-0.05, 0) is 34.1 Å². The zero-order valence-corrected chi connectivity index (χ0v) is 24.2. The number of amides is 3. The Bertz CT molecular complexity index is 1220. The predicted molar refractivity (Wildman–Crippen MR) is 144 cm³/mol. The summed E-state index contributed by atoms with van der Waals surface area (Å²) in [5.74, 6) is -4.29. The third-order valence-corrected chi connectivity index (χ3v) is 7.52. The van der Waals surface area contributed by atoms with Crippen LogP contribution in [-0.4, -0.2) is 106 Å². The van der Waals surface area contributed by atoms with Crippen molar-refractivity contribution in [2.45, 2.75) is 69.7 Å². The molecular formula is C26H35N3O11S. The Morgan fingerprint density at radius 3 is 2.51 bits per heavy atom. The molecule has 14 nitrogen and oxygen atoms in total. The molecule has 0 aliphatic carbocycles. The lowest BCUT2D eigenvalue weighted by molar-refractivity contribution is -0.145. The fourth-order valence-corrected chi connectivity index (χ4v) is 5.45. The van der Waals surface area contributed by atoms with Gasteiger partial charge in [-0.15, -0.1) is 0 Å². The van der Waals surface area contributed by atoms with E-state index in [1.165, 1.54) is 6.92 Å². The zero-order valence-electron chi connectivity index (χ0n) is 23.4. The number of ether oxygens (including phenoxy) is 3. The van der Waals surface area contributed by atoms with Crippen LogP contribution in [0.1, 0.15) is 48.7 Å². The molecule has 5 N–H and O–H groups in total. The number of hydrogen-bond acceptors (Lipinski definition) is 12. The van der Waals surface area contributed by atoms with E-state index in [-0.39, 0.29) is 52.7 Å². The lowest BCUT2D eigenvalue weighted by Gasteiger charge is -2.30. The number of cyclic esters (lactones) is 1. The minimum atomic E-state index is -1.56. The molecule has 41 heavy (non-hydrogen) atoms. The van der Waals surface area contributed by atoms with Gasteiger partial charge in [-0.3, -0.25) is 14.5 Å². The van der Waals surface area contributed by atoms with E-state index < -0.39 is 66.3 Å². The highest BCUT2D eigenvalue weighted by Crippen LogP contribution is 2.35. The molecule has 0 spiro atoms. The van der Waals surface area contributed by atoms with Crippen molar-refractivity contribution < 1.29 is 53.5 Å². The van der Waals surface area contributed by atoms with Gasteiger partial charge in [-0.2, -0.15) is 11.8 Å². The Kier molecular flexibility index (Phi) is 9.97. The standard InChI is InChI=1S/C26H35N3O11S/c1-12-17(31)8-18(32)13-10-41-11-15(23(35)38-5)28-21(33)14(9-39-24(36)19(12)13)27-22(34)20-16(30)6-7-29(20)25(37)40-26(2,3)4/h8,14-16,20,30-32H,6-7,9-11H2,1-5H3,(H,27,34)(H,28,33)/t14?,15-,16?,20+/m0/s1. The van der Waals surface area contributed by atoms with Crippen LogP contribution in [0, 0.1) is 6.92 Å². The largest absolute Gasteiger partial charge is 0.508 e. The third-order valence-electron chi connectivity index (χ3n) is 6.46. The molecule has 2 aliphatic rings. The monoisotopic (exact) mass is 597 g/mol. The number of aliphatic hydroxyl groups is 1. The molecule has 1 aromatic rings. The molecule has 15 heteroatoms. The lowest BCUT2D eigenvalue weighted by Crippen LogP contribution is -2.59. The lowest BCUT2D eigenvalue weighted by atomic mass is 10.0. The van der Waals surface area contributed by atoms with E-state index in [0.29, 0.717) is 0 Å². The van der Waals surface area contributed by atoms with Crippen molar-refractivity contribution in [1.82, 2.24) is 15.5 Å². The average Bonchev–Trinajstić information content (AvgIpc) is 3.27. The first-order valence-corrected chi connectivity index (χ1v) is 14.0. The number of phenols is 2. The highest BCUT2D eigenvalue weighted by Gasteiger charge is 2.44. The van der Waals surface area contributed by atoms with Crippen molar-refractivity contribution in [3.63, 3.8) is 0 Å². The van der Waals surface area contributed by atoms with Gasteiger partial charge in [0.25, 0.3) is 0 Å². The first kappa shape index (κ1) is 31.8. The van der Waals surface area contributed by atoms with Crippen molar-refractivity contribution in [2.24, 2.45) is 0 Å². The number of carbonyl (C=O) groups excluding carboxylic acids is 5. The molecule has 1 aromatic carbocycles. The van der Waals surface area contributed by atoms with E-state index in [4.69, 9.17) is 14.2 Å². The maximum Gasteiger partial charge on any atom is 0.411 e. The van der Waals surface area contributed by atoms with E-state index >= 15 is 0 Å². The quantitative estimate of drug-likeness (QED) is 0.236. The van der Waals surface area contributed by atoms with Crippen molar-refractivity contribution >= 4 is 41.6 Å². The minimum absolute atomic E-state index is 0.0186. The second kappa shape index (κ2) is 12.9. The minimum Gasteiger partial charge on any atom is -0.508 e. The summed E-state index contributed by atoms with van der Waals surface area (Å²) in [6.45, 7) is 5.68. The predicted octanol–water partition coefficient (Wildman–Crippen LogP) is 0.323. The van der Waals surface area contributed by atoms with Crippen molar-refractivity contribution in [2.75, 3.05) is 26.0 Å². The van der Waals surface area contributed by atoms with Crippen LogP contribution in [-0.2, 0) is 34.3 Å². The number of phenolic OH excluding ortho intramolecular Hbond substituents is 2. The molecule has 0 saturated carbocycles. The highest BCUT2D eigenvalue weighted by molar-refractivity contribution is 7.98. The van der Waals surface area contributed by atoms with Crippen LogP contribution in [0.15, 0.2) is 6.07 Å².